The van der Waals surface area contributed by atoms with Crippen LogP contribution in [-0.4, -0.2) is 63.0 Å². The number of carbonyl (C=O) groups excluding carboxylic acids is 1. The van der Waals surface area contributed by atoms with E-state index in [1.54, 1.807) is 24.3 Å². The summed E-state index contributed by atoms with van der Waals surface area (Å²) in [5.41, 5.74) is 0. The molecule has 0 saturated carbocycles. The van der Waals surface area contributed by atoms with E-state index < -0.39 is 26.6 Å². The molecule has 1 N–H and O–H groups in total. The summed E-state index contributed by atoms with van der Waals surface area (Å²) in [6, 6.07) is 8.74. The number of rotatable bonds is 6. The van der Waals surface area contributed by atoms with Gasteiger partial charge in [-0.05, 0) is 42.5 Å². The van der Waals surface area contributed by atoms with Crippen LogP contribution in [0.25, 0.3) is 0 Å². The number of halogens is 3. The third kappa shape index (κ3) is 5.38. The maximum absolute atomic E-state index is 13.9. The zero-order valence-corrected chi connectivity index (χ0v) is 17.4. The Morgan fingerprint density at radius 1 is 1.07 bits per heavy atom. The Hall–Kier alpha value is -2.43. The van der Waals surface area contributed by atoms with Gasteiger partial charge in [0.1, 0.15) is 28.9 Å². The van der Waals surface area contributed by atoms with E-state index in [2.05, 4.69) is 5.32 Å². The second-order valence-electron chi connectivity index (χ2n) is 6.50. The van der Waals surface area contributed by atoms with Gasteiger partial charge in [-0.25, -0.2) is 22.0 Å². The normalized spacial score (nSPS) is 15.1. The molecular formula is C19H20ClF2N3O4S. The average Bonchev–Trinajstić information content (AvgIpc) is 2.74. The number of amides is 2. The molecule has 3 rings (SSSR count). The largest absolute Gasteiger partial charge is 0.492 e. The predicted octanol–water partition coefficient (Wildman–Crippen LogP) is 2.71. The summed E-state index contributed by atoms with van der Waals surface area (Å²) in [4.78, 5) is 13.0. The van der Waals surface area contributed by atoms with Crippen molar-refractivity contribution in [3.05, 3.63) is 59.1 Å². The highest BCUT2D eigenvalue weighted by atomic mass is 35.5. The second-order valence-corrected chi connectivity index (χ2v) is 8.84. The molecule has 0 radical (unpaired) electrons. The minimum Gasteiger partial charge on any atom is -0.492 e. The van der Waals surface area contributed by atoms with Crippen LogP contribution in [0.1, 0.15) is 0 Å². The van der Waals surface area contributed by atoms with E-state index >= 15 is 0 Å². The Balaban J connectivity index is 1.47. The molecule has 0 atom stereocenters. The van der Waals surface area contributed by atoms with Crippen molar-refractivity contribution in [3.8, 4) is 5.75 Å². The summed E-state index contributed by atoms with van der Waals surface area (Å²) in [7, 11) is -4.19. The topological polar surface area (TPSA) is 79.0 Å². The number of hydrogen-bond donors (Lipinski definition) is 1. The Morgan fingerprint density at radius 3 is 2.40 bits per heavy atom. The number of piperazine rings is 1. The number of carbonyl (C=O) groups is 1. The van der Waals surface area contributed by atoms with Crippen LogP contribution in [0, 0.1) is 11.6 Å². The van der Waals surface area contributed by atoms with Crippen LogP contribution in [-0.2, 0) is 10.0 Å². The Bertz CT molecular complexity index is 997. The number of benzene rings is 2. The van der Waals surface area contributed by atoms with Gasteiger partial charge in [0.25, 0.3) is 0 Å². The molecule has 11 heteroatoms. The van der Waals surface area contributed by atoms with Crippen LogP contribution in [0.4, 0.5) is 13.6 Å². The lowest BCUT2D eigenvalue weighted by Crippen LogP contribution is -2.53. The smallest absolute Gasteiger partial charge is 0.317 e. The summed E-state index contributed by atoms with van der Waals surface area (Å²) in [6.07, 6.45) is 0. The summed E-state index contributed by atoms with van der Waals surface area (Å²) in [5.74, 6) is -1.23. The predicted molar refractivity (Wildman–Crippen MR) is 107 cm³/mol. The lowest BCUT2D eigenvalue weighted by atomic mass is 10.3. The zero-order chi connectivity index (χ0) is 21.7. The van der Waals surface area contributed by atoms with Crippen LogP contribution < -0.4 is 10.1 Å². The molecule has 162 valence electrons. The van der Waals surface area contributed by atoms with E-state index in [1.807, 2.05) is 0 Å². The highest BCUT2D eigenvalue weighted by Gasteiger charge is 2.32. The summed E-state index contributed by atoms with van der Waals surface area (Å²) < 4.78 is 58.9. The van der Waals surface area contributed by atoms with E-state index in [-0.39, 0.29) is 45.4 Å². The van der Waals surface area contributed by atoms with Crippen molar-refractivity contribution in [1.29, 1.82) is 0 Å². The van der Waals surface area contributed by atoms with Crippen molar-refractivity contribution < 1.29 is 26.7 Å². The van der Waals surface area contributed by atoms with Crippen molar-refractivity contribution in [2.75, 3.05) is 39.3 Å². The molecule has 30 heavy (non-hydrogen) atoms. The van der Waals surface area contributed by atoms with Crippen LogP contribution in [0.2, 0.25) is 5.02 Å². The molecule has 1 heterocycles. The average molecular weight is 460 g/mol. The molecular weight excluding hydrogens is 440 g/mol. The van der Waals surface area contributed by atoms with Gasteiger partial charge in [-0.3, -0.25) is 0 Å². The molecule has 1 aliphatic heterocycles. The molecule has 1 fully saturated rings. The maximum Gasteiger partial charge on any atom is 0.317 e. The molecule has 0 spiro atoms. The van der Waals surface area contributed by atoms with Crippen LogP contribution in [0.3, 0.4) is 0 Å². The second kappa shape index (κ2) is 9.59. The minimum atomic E-state index is -4.19. The molecule has 2 aromatic rings. The van der Waals surface area contributed by atoms with Crippen molar-refractivity contribution >= 4 is 27.7 Å². The Kier molecular flexibility index (Phi) is 7.11. The molecule has 0 unspecified atom stereocenters. The molecule has 0 aromatic heterocycles. The molecule has 2 aromatic carbocycles. The molecule has 1 saturated heterocycles. The monoisotopic (exact) mass is 459 g/mol. The number of hydrogen-bond acceptors (Lipinski definition) is 4. The van der Waals surface area contributed by atoms with Gasteiger partial charge in [-0.15, -0.1) is 0 Å². The van der Waals surface area contributed by atoms with Crippen molar-refractivity contribution in [2.45, 2.75) is 4.90 Å². The van der Waals surface area contributed by atoms with Gasteiger partial charge in [-0.2, -0.15) is 4.31 Å². The standard InChI is InChI=1S/C19H20ClF2N3O4S/c20-14-1-4-16(5-2-14)29-12-7-23-19(26)24-8-10-25(11-9-24)30(27,28)18-13-15(21)3-6-17(18)22/h1-6,13H,7-12H2,(H,23,26). The number of nitrogens with one attached hydrogen (secondary N) is 1. The number of sulfonamides is 1. The first-order valence-corrected chi connectivity index (χ1v) is 11.0. The first-order chi connectivity index (χ1) is 14.3. The third-order valence-electron chi connectivity index (χ3n) is 4.50. The summed E-state index contributed by atoms with van der Waals surface area (Å²) in [5, 5.41) is 3.29. The van der Waals surface area contributed by atoms with E-state index in [4.69, 9.17) is 16.3 Å². The van der Waals surface area contributed by atoms with Gasteiger partial charge in [0, 0.05) is 31.2 Å². The van der Waals surface area contributed by atoms with Gasteiger partial charge in [-0.1, -0.05) is 11.6 Å². The fraction of sp³-hybridized carbons (Fsp3) is 0.316. The molecule has 0 bridgehead atoms. The fourth-order valence-corrected chi connectivity index (χ4v) is 4.54. The molecule has 0 aliphatic carbocycles. The maximum atomic E-state index is 13.9. The van der Waals surface area contributed by atoms with E-state index in [0.717, 1.165) is 16.4 Å². The highest BCUT2D eigenvalue weighted by Crippen LogP contribution is 2.21. The Labute approximate surface area is 178 Å². The first-order valence-electron chi connectivity index (χ1n) is 9.14. The van der Waals surface area contributed by atoms with E-state index in [0.29, 0.717) is 16.8 Å². The van der Waals surface area contributed by atoms with Gasteiger partial charge in [0.15, 0.2) is 0 Å². The lowest BCUT2D eigenvalue weighted by Gasteiger charge is -2.34. The van der Waals surface area contributed by atoms with Crippen LogP contribution in [0.15, 0.2) is 47.4 Å². The zero-order valence-electron chi connectivity index (χ0n) is 15.9. The van der Waals surface area contributed by atoms with E-state index in [1.165, 1.54) is 4.90 Å². The number of ether oxygens (including phenoxy) is 1. The molecule has 7 nitrogen and oxygen atoms in total. The van der Waals surface area contributed by atoms with Gasteiger partial charge < -0.3 is 15.0 Å². The molecule has 2 amide bonds. The van der Waals surface area contributed by atoms with Crippen LogP contribution >= 0.6 is 11.6 Å². The van der Waals surface area contributed by atoms with Gasteiger partial charge >= 0.3 is 6.03 Å². The number of nitrogens with zero attached hydrogens (tertiary/aromatic N) is 2. The summed E-state index contributed by atoms with van der Waals surface area (Å²) in [6.45, 7) is 0.717. The van der Waals surface area contributed by atoms with Crippen molar-refractivity contribution in [2.24, 2.45) is 0 Å². The van der Waals surface area contributed by atoms with Gasteiger partial charge in [0.2, 0.25) is 10.0 Å². The summed E-state index contributed by atoms with van der Waals surface area (Å²) >= 11 is 5.79. The van der Waals surface area contributed by atoms with Crippen LogP contribution in [0.5, 0.6) is 5.75 Å². The fourth-order valence-electron chi connectivity index (χ4n) is 2.91. The van der Waals surface area contributed by atoms with E-state index in [9.17, 15) is 22.0 Å². The van der Waals surface area contributed by atoms with Crippen molar-refractivity contribution in [1.82, 2.24) is 14.5 Å². The SMILES string of the molecule is O=C(NCCOc1ccc(Cl)cc1)N1CCN(S(=O)(=O)c2cc(F)ccc2F)CC1. The highest BCUT2D eigenvalue weighted by molar-refractivity contribution is 7.89. The number of urea groups is 1. The third-order valence-corrected chi connectivity index (χ3v) is 6.66. The lowest BCUT2D eigenvalue weighted by molar-refractivity contribution is 0.170. The minimum absolute atomic E-state index is 0.0209. The molecule has 1 aliphatic rings. The Morgan fingerprint density at radius 2 is 1.73 bits per heavy atom. The van der Waals surface area contributed by atoms with Crippen molar-refractivity contribution in [3.63, 3.8) is 0 Å². The first kappa shape index (κ1) is 22.3. The quantitative estimate of drug-likeness (QED) is 0.674. The van der Waals surface area contributed by atoms with Gasteiger partial charge in [0.05, 0.1) is 6.54 Å².